The first-order chi connectivity index (χ1) is 10.1. The second kappa shape index (κ2) is 5.13. The van der Waals surface area contributed by atoms with Crippen LogP contribution in [0.25, 0.3) is 22.4 Å². The summed E-state index contributed by atoms with van der Waals surface area (Å²) in [5, 5.41) is 10.2. The van der Waals surface area contributed by atoms with Gasteiger partial charge in [0.15, 0.2) is 0 Å². The highest BCUT2D eigenvalue weighted by Gasteiger charge is 2.15. The summed E-state index contributed by atoms with van der Waals surface area (Å²) < 4.78 is 7.35. The van der Waals surface area contributed by atoms with Crippen molar-refractivity contribution in [3.05, 3.63) is 42.0 Å². The number of aryl methyl sites for hydroxylation is 2. The highest BCUT2D eigenvalue weighted by Crippen LogP contribution is 2.34. The molecule has 0 unspecified atom stereocenters. The number of hydrogen-bond donors (Lipinski definition) is 1. The van der Waals surface area contributed by atoms with Crippen molar-refractivity contribution in [2.75, 3.05) is 7.11 Å². The van der Waals surface area contributed by atoms with Crippen LogP contribution in [0, 0.1) is 6.92 Å². The fourth-order valence-corrected chi connectivity index (χ4v) is 2.59. The molecule has 0 aliphatic carbocycles. The monoisotopic (exact) mass is 282 g/mol. The lowest BCUT2D eigenvalue weighted by Crippen LogP contribution is -1.98. The number of phenolic OH excluding ortho intramolecular Hbond substituents is 1. The van der Waals surface area contributed by atoms with Gasteiger partial charge in [-0.05, 0) is 49.7 Å². The molecule has 0 spiro atoms. The number of methoxy groups -OCH3 is 1. The molecule has 1 aromatic heterocycles. The van der Waals surface area contributed by atoms with Crippen LogP contribution in [-0.4, -0.2) is 21.8 Å². The molecule has 0 atom stereocenters. The molecule has 108 valence electrons. The van der Waals surface area contributed by atoms with Crippen molar-refractivity contribution in [3.63, 3.8) is 0 Å². The SMILES string of the molecule is CCn1c(-c2cc(OC)ccc2O)nc2cc(C)ccc21. The lowest BCUT2D eigenvalue weighted by Gasteiger charge is -2.09. The van der Waals surface area contributed by atoms with Gasteiger partial charge in [0.25, 0.3) is 0 Å². The fourth-order valence-electron chi connectivity index (χ4n) is 2.59. The molecule has 0 bridgehead atoms. The molecule has 1 N–H and O–H groups in total. The molecule has 0 saturated heterocycles. The lowest BCUT2D eigenvalue weighted by molar-refractivity contribution is 0.412. The normalized spacial score (nSPS) is 11.0. The van der Waals surface area contributed by atoms with E-state index < -0.39 is 0 Å². The Morgan fingerprint density at radius 3 is 2.71 bits per heavy atom. The van der Waals surface area contributed by atoms with Crippen molar-refractivity contribution in [2.24, 2.45) is 0 Å². The average Bonchev–Trinajstić information content (AvgIpc) is 2.85. The van der Waals surface area contributed by atoms with E-state index in [2.05, 4.69) is 29.7 Å². The van der Waals surface area contributed by atoms with E-state index in [1.54, 1.807) is 19.2 Å². The summed E-state index contributed by atoms with van der Waals surface area (Å²) in [4.78, 5) is 4.70. The van der Waals surface area contributed by atoms with E-state index in [4.69, 9.17) is 9.72 Å². The average molecular weight is 282 g/mol. The van der Waals surface area contributed by atoms with E-state index in [1.807, 2.05) is 13.0 Å². The number of nitrogens with zero attached hydrogens (tertiary/aromatic N) is 2. The van der Waals surface area contributed by atoms with Gasteiger partial charge in [-0.2, -0.15) is 0 Å². The molecule has 0 aliphatic rings. The van der Waals surface area contributed by atoms with E-state index in [1.165, 1.54) is 5.56 Å². The number of ether oxygens (including phenoxy) is 1. The van der Waals surface area contributed by atoms with Gasteiger partial charge in [0.1, 0.15) is 17.3 Å². The van der Waals surface area contributed by atoms with Crippen LogP contribution in [-0.2, 0) is 6.54 Å². The van der Waals surface area contributed by atoms with Crippen LogP contribution < -0.4 is 4.74 Å². The van der Waals surface area contributed by atoms with Gasteiger partial charge in [-0.1, -0.05) is 6.07 Å². The molecule has 3 rings (SSSR count). The summed E-state index contributed by atoms with van der Waals surface area (Å²) in [6, 6.07) is 11.4. The van der Waals surface area contributed by atoms with Crippen molar-refractivity contribution in [1.82, 2.24) is 9.55 Å². The second-order valence-corrected chi connectivity index (χ2v) is 5.05. The Bertz CT molecular complexity index is 806. The molecule has 21 heavy (non-hydrogen) atoms. The number of benzene rings is 2. The van der Waals surface area contributed by atoms with Gasteiger partial charge in [-0.15, -0.1) is 0 Å². The van der Waals surface area contributed by atoms with E-state index in [9.17, 15) is 5.11 Å². The quantitative estimate of drug-likeness (QED) is 0.796. The van der Waals surface area contributed by atoms with E-state index in [0.29, 0.717) is 11.3 Å². The van der Waals surface area contributed by atoms with Gasteiger partial charge in [-0.25, -0.2) is 4.98 Å². The number of imidazole rings is 1. The number of hydrogen-bond acceptors (Lipinski definition) is 3. The third-order valence-corrected chi connectivity index (χ3v) is 3.66. The minimum absolute atomic E-state index is 0.206. The van der Waals surface area contributed by atoms with Crippen LogP contribution in [0.4, 0.5) is 0 Å². The molecule has 4 nitrogen and oxygen atoms in total. The van der Waals surface area contributed by atoms with Crippen LogP contribution in [0.15, 0.2) is 36.4 Å². The maximum Gasteiger partial charge on any atom is 0.145 e. The zero-order valence-corrected chi connectivity index (χ0v) is 12.4. The first kappa shape index (κ1) is 13.5. The second-order valence-electron chi connectivity index (χ2n) is 5.05. The number of aromatic hydroxyl groups is 1. The van der Waals surface area contributed by atoms with Crippen molar-refractivity contribution in [1.29, 1.82) is 0 Å². The molecule has 0 amide bonds. The Morgan fingerprint density at radius 1 is 1.19 bits per heavy atom. The highest BCUT2D eigenvalue weighted by atomic mass is 16.5. The van der Waals surface area contributed by atoms with Crippen LogP contribution >= 0.6 is 0 Å². The van der Waals surface area contributed by atoms with Crippen molar-refractivity contribution >= 4 is 11.0 Å². The molecule has 4 heteroatoms. The minimum Gasteiger partial charge on any atom is -0.507 e. The van der Waals surface area contributed by atoms with Crippen LogP contribution in [0.5, 0.6) is 11.5 Å². The summed E-state index contributed by atoms with van der Waals surface area (Å²) in [6.07, 6.45) is 0. The molecule has 0 aliphatic heterocycles. The van der Waals surface area contributed by atoms with Crippen molar-refractivity contribution in [3.8, 4) is 22.9 Å². The van der Waals surface area contributed by atoms with Crippen molar-refractivity contribution in [2.45, 2.75) is 20.4 Å². The minimum atomic E-state index is 0.206. The first-order valence-corrected chi connectivity index (χ1v) is 6.98. The molecule has 0 radical (unpaired) electrons. The Balaban J connectivity index is 2.29. The summed E-state index contributed by atoms with van der Waals surface area (Å²) in [7, 11) is 1.61. The highest BCUT2D eigenvalue weighted by molar-refractivity contribution is 5.82. The summed E-state index contributed by atoms with van der Waals surface area (Å²) >= 11 is 0. The van der Waals surface area contributed by atoms with Crippen molar-refractivity contribution < 1.29 is 9.84 Å². The summed E-state index contributed by atoms with van der Waals surface area (Å²) in [6.45, 7) is 4.90. The molecule has 3 aromatic rings. The van der Waals surface area contributed by atoms with E-state index in [-0.39, 0.29) is 5.75 Å². The number of fused-ring (bicyclic) bond motifs is 1. The lowest BCUT2D eigenvalue weighted by atomic mass is 10.1. The Labute approximate surface area is 123 Å². The van der Waals surface area contributed by atoms with Gasteiger partial charge in [0.05, 0.1) is 23.7 Å². The molecular formula is C17H18N2O2. The van der Waals surface area contributed by atoms with Crippen LogP contribution in [0.1, 0.15) is 12.5 Å². The Hall–Kier alpha value is -2.49. The van der Waals surface area contributed by atoms with Gasteiger partial charge in [-0.3, -0.25) is 0 Å². The summed E-state index contributed by atoms with van der Waals surface area (Å²) in [5.41, 5.74) is 3.86. The Morgan fingerprint density at radius 2 is 2.00 bits per heavy atom. The van der Waals surface area contributed by atoms with Gasteiger partial charge < -0.3 is 14.4 Å². The predicted octanol–water partition coefficient (Wildman–Crippen LogP) is 3.75. The zero-order valence-electron chi connectivity index (χ0n) is 12.4. The molecule has 2 aromatic carbocycles. The standard InChI is InChI=1S/C17H18N2O2/c1-4-19-15-7-5-11(2)9-14(15)18-17(19)13-10-12(21-3)6-8-16(13)20/h5-10,20H,4H2,1-3H3. The molecular weight excluding hydrogens is 264 g/mol. The molecule has 1 heterocycles. The zero-order chi connectivity index (χ0) is 15.0. The summed E-state index contributed by atoms with van der Waals surface area (Å²) in [5.74, 6) is 1.67. The van der Waals surface area contributed by atoms with Gasteiger partial charge in [0, 0.05) is 6.54 Å². The molecule has 0 saturated carbocycles. The number of phenols is 1. The van der Waals surface area contributed by atoms with Crippen LogP contribution in [0.3, 0.4) is 0 Å². The predicted molar refractivity (Wildman–Crippen MR) is 83.8 cm³/mol. The van der Waals surface area contributed by atoms with E-state index in [0.717, 1.165) is 23.4 Å². The third-order valence-electron chi connectivity index (χ3n) is 3.66. The fraction of sp³-hybridized carbons (Fsp3) is 0.235. The van der Waals surface area contributed by atoms with Gasteiger partial charge >= 0.3 is 0 Å². The largest absolute Gasteiger partial charge is 0.507 e. The van der Waals surface area contributed by atoms with Gasteiger partial charge in [0.2, 0.25) is 0 Å². The number of rotatable bonds is 3. The molecule has 0 fully saturated rings. The first-order valence-electron chi connectivity index (χ1n) is 6.98. The Kier molecular flexibility index (Phi) is 3.29. The van der Waals surface area contributed by atoms with E-state index >= 15 is 0 Å². The number of aromatic nitrogens is 2. The van der Waals surface area contributed by atoms with Crippen LogP contribution in [0.2, 0.25) is 0 Å². The maximum absolute atomic E-state index is 10.2. The smallest absolute Gasteiger partial charge is 0.145 e. The topological polar surface area (TPSA) is 47.3 Å². The third kappa shape index (κ3) is 2.23. The maximum atomic E-state index is 10.2.